The number of carboxylic acid groups (broad SMARTS) is 1. The highest BCUT2D eigenvalue weighted by molar-refractivity contribution is 5.82. The lowest BCUT2D eigenvalue weighted by Crippen LogP contribution is -2.55. The van der Waals surface area contributed by atoms with E-state index in [-0.39, 0.29) is 37.8 Å². The van der Waals surface area contributed by atoms with Crippen LogP contribution in [0.3, 0.4) is 0 Å². The topological polar surface area (TPSA) is 116 Å². The zero-order valence-corrected chi connectivity index (χ0v) is 19.2. The average Bonchev–Trinajstić information content (AvgIpc) is 3.16. The molecule has 0 saturated carbocycles. The van der Waals surface area contributed by atoms with Gasteiger partial charge in [-0.05, 0) is 41.5 Å². The number of piperidine rings is 1. The third-order valence-electron chi connectivity index (χ3n) is 6.80. The maximum atomic E-state index is 12.7. The highest BCUT2D eigenvalue weighted by Crippen LogP contribution is 2.44. The Kier molecular flexibility index (Phi) is 6.88. The van der Waals surface area contributed by atoms with Gasteiger partial charge in [-0.2, -0.15) is 0 Å². The minimum atomic E-state index is -1.92. The molecule has 1 aliphatic carbocycles. The van der Waals surface area contributed by atoms with Crippen LogP contribution in [0, 0.1) is 0 Å². The molecule has 1 saturated heterocycles. The van der Waals surface area contributed by atoms with E-state index in [1.807, 2.05) is 43.3 Å². The lowest BCUT2D eigenvalue weighted by Gasteiger charge is -2.36. The zero-order valence-electron chi connectivity index (χ0n) is 19.2. The van der Waals surface area contributed by atoms with Crippen LogP contribution in [0.2, 0.25) is 0 Å². The summed E-state index contributed by atoms with van der Waals surface area (Å²) in [6, 6.07) is 15.7. The molecule has 0 aromatic heterocycles. The Hall–Kier alpha value is -3.39. The maximum Gasteiger partial charge on any atom is 0.407 e. The third kappa shape index (κ3) is 4.77. The second-order valence-electron chi connectivity index (χ2n) is 9.03. The number of nitrogens with zero attached hydrogens (tertiary/aromatic N) is 1. The van der Waals surface area contributed by atoms with Gasteiger partial charge in [0.05, 0.1) is 6.54 Å². The molecular formula is C26H30N2O6. The Labute approximate surface area is 198 Å². The Morgan fingerprint density at radius 1 is 1.12 bits per heavy atom. The quantitative estimate of drug-likeness (QED) is 0.577. The second-order valence-corrected chi connectivity index (χ2v) is 9.03. The van der Waals surface area contributed by atoms with Crippen molar-refractivity contribution in [1.29, 1.82) is 0 Å². The predicted molar refractivity (Wildman–Crippen MR) is 125 cm³/mol. The van der Waals surface area contributed by atoms with E-state index >= 15 is 0 Å². The van der Waals surface area contributed by atoms with E-state index in [0.717, 1.165) is 22.3 Å². The fraction of sp³-hybridized carbons (Fsp3) is 0.423. The summed E-state index contributed by atoms with van der Waals surface area (Å²) in [6.07, 6.45) is 0.442. The number of rotatable bonds is 7. The Morgan fingerprint density at radius 3 is 2.32 bits per heavy atom. The van der Waals surface area contributed by atoms with E-state index in [9.17, 15) is 24.6 Å². The van der Waals surface area contributed by atoms with Crippen molar-refractivity contribution in [2.75, 3.05) is 19.7 Å². The van der Waals surface area contributed by atoms with Crippen LogP contribution >= 0.6 is 0 Å². The molecule has 1 fully saturated rings. The number of β-amino-alcohol motifs (C(OH)–C–C–N with tert-alkyl or cyclic N) is 1. The summed E-state index contributed by atoms with van der Waals surface area (Å²) >= 11 is 0. The molecule has 8 heteroatoms. The number of benzene rings is 2. The number of amides is 2. The molecule has 8 nitrogen and oxygen atoms in total. The van der Waals surface area contributed by atoms with Gasteiger partial charge in [0, 0.05) is 24.9 Å². The predicted octanol–water partition coefficient (Wildman–Crippen LogP) is 3.13. The number of alkyl carbamates (subject to hydrolysis) is 1. The Morgan fingerprint density at radius 2 is 1.74 bits per heavy atom. The van der Waals surface area contributed by atoms with Gasteiger partial charge in [0.25, 0.3) is 0 Å². The summed E-state index contributed by atoms with van der Waals surface area (Å²) < 4.78 is 5.57. The molecule has 3 N–H and O–H groups in total. The summed E-state index contributed by atoms with van der Waals surface area (Å²) in [7, 11) is 0. The van der Waals surface area contributed by atoms with Gasteiger partial charge in [-0.25, -0.2) is 9.59 Å². The molecule has 0 bridgehead atoms. The molecule has 0 spiro atoms. The van der Waals surface area contributed by atoms with Crippen LogP contribution < -0.4 is 5.32 Å². The number of aliphatic hydroxyl groups is 1. The molecular weight excluding hydrogens is 436 g/mol. The number of hydrogen-bond acceptors (Lipinski definition) is 5. The number of carbonyl (C=O) groups is 3. The normalized spacial score (nSPS) is 20.2. The minimum absolute atomic E-state index is 0.0103. The molecule has 2 aromatic carbocycles. The van der Waals surface area contributed by atoms with E-state index in [1.165, 1.54) is 4.90 Å². The molecule has 1 aliphatic heterocycles. The van der Waals surface area contributed by atoms with Gasteiger partial charge >= 0.3 is 12.1 Å². The third-order valence-corrected chi connectivity index (χ3v) is 6.80. The molecule has 2 aliphatic rings. The first-order chi connectivity index (χ1) is 16.3. The van der Waals surface area contributed by atoms with Crippen LogP contribution in [-0.4, -0.2) is 64.4 Å². The van der Waals surface area contributed by atoms with E-state index in [4.69, 9.17) is 4.74 Å². The van der Waals surface area contributed by atoms with Crippen LogP contribution in [0.5, 0.6) is 0 Å². The van der Waals surface area contributed by atoms with Crippen molar-refractivity contribution in [1.82, 2.24) is 10.2 Å². The average molecular weight is 467 g/mol. The van der Waals surface area contributed by atoms with Crippen LogP contribution in [0.4, 0.5) is 4.79 Å². The molecule has 2 aromatic rings. The van der Waals surface area contributed by atoms with E-state index in [0.29, 0.717) is 19.4 Å². The summed E-state index contributed by atoms with van der Waals surface area (Å²) in [4.78, 5) is 38.0. The van der Waals surface area contributed by atoms with Gasteiger partial charge in [0.2, 0.25) is 5.91 Å². The summed E-state index contributed by atoms with van der Waals surface area (Å²) in [5, 5.41) is 22.3. The van der Waals surface area contributed by atoms with Gasteiger partial charge in [-0.3, -0.25) is 4.79 Å². The summed E-state index contributed by atoms with van der Waals surface area (Å²) in [5.41, 5.74) is 2.61. The van der Waals surface area contributed by atoms with Crippen LogP contribution in [-0.2, 0) is 14.3 Å². The van der Waals surface area contributed by atoms with Crippen molar-refractivity contribution >= 4 is 18.0 Å². The number of aliphatic carboxylic acids is 1. The first-order valence-corrected chi connectivity index (χ1v) is 11.7. The standard InChI is InChI=1S/C26H30N2O6/c1-2-17(14-23(29)28-13-7-12-26(33,16-28)24(30)31)27-25(32)34-15-22-20-10-5-3-8-18(20)19-9-4-6-11-21(19)22/h3-6,8-11,17,22,33H,2,7,12-16H2,1H3,(H,27,32)(H,30,31)/t17-,26?/m0/s1. The molecule has 4 rings (SSSR count). The molecule has 2 amide bonds. The molecule has 0 radical (unpaired) electrons. The number of hydrogen-bond donors (Lipinski definition) is 3. The first kappa shape index (κ1) is 23.8. The fourth-order valence-corrected chi connectivity index (χ4v) is 4.87. The van der Waals surface area contributed by atoms with E-state index < -0.39 is 23.7 Å². The number of ether oxygens (including phenoxy) is 1. The van der Waals surface area contributed by atoms with Gasteiger partial charge in [0.15, 0.2) is 5.60 Å². The second kappa shape index (κ2) is 9.85. The number of fused-ring (bicyclic) bond motifs is 3. The van der Waals surface area contributed by atoms with Crippen molar-refractivity contribution in [2.45, 2.75) is 50.2 Å². The number of carboxylic acids is 1. The van der Waals surface area contributed by atoms with Gasteiger partial charge in [-0.1, -0.05) is 55.5 Å². The molecule has 1 heterocycles. The van der Waals surface area contributed by atoms with Crippen LogP contribution in [0.1, 0.15) is 49.7 Å². The SMILES string of the molecule is CC[C@@H](CC(=O)N1CCCC(O)(C(=O)O)C1)NC(=O)OCC1c2ccccc2-c2ccccc21. The van der Waals surface area contributed by atoms with Gasteiger partial charge < -0.3 is 25.2 Å². The van der Waals surface area contributed by atoms with Gasteiger partial charge in [0.1, 0.15) is 6.61 Å². The molecule has 2 atom stereocenters. The summed E-state index contributed by atoms with van der Waals surface area (Å²) in [6.45, 7) is 2.17. The smallest absolute Gasteiger partial charge is 0.407 e. The fourth-order valence-electron chi connectivity index (χ4n) is 4.87. The van der Waals surface area contributed by atoms with E-state index in [1.54, 1.807) is 0 Å². The molecule has 180 valence electrons. The highest BCUT2D eigenvalue weighted by atomic mass is 16.5. The van der Waals surface area contributed by atoms with Gasteiger partial charge in [-0.15, -0.1) is 0 Å². The highest BCUT2D eigenvalue weighted by Gasteiger charge is 2.42. The Bertz CT molecular complexity index is 1040. The Balaban J connectivity index is 1.34. The van der Waals surface area contributed by atoms with Crippen molar-refractivity contribution in [3.05, 3.63) is 59.7 Å². The number of carbonyl (C=O) groups excluding carboxylic acids is 2. The lowest BCUT2D eigenvalue weighted by atomic mass is 9.92. The number of likely N-dealkylation sites (tertiary alicyclic amines) is 1. The maximum absolute atomic E-state index is 12.7. The van der Waals surface area contributed by atoms with E-state index in [2.05, 4.69) is 17.4 Å². The summed E-state index contributed by atoms with van der Waals surface area (Å²) in [5.74, 6) is -1.68. The molecule has 34 heavy (non-hydrogen) atoms. The lowest BCUT2D eigenvalue weighted by molar-refractivity contribution is -0.166. The van der Waals surface area contributed by atoms with Crippen LogP contribution in [0.15, 0.2) is 48.5 Å². The van der Waals surface area contributed by atoms with Crippen molar-refractivity contribution in [2.24, 2.45) is 0 Å². The minimum Gasteiger partial charge on any atom is -0.479 e. The van der Waals surface area contributed by atoms with Crippen molar-refractivity contribution < 1.29 is 29.3 Å². The molecule has 1 unspecified atom stereocenters. The largest absolute Gasteiger partial charge is 0.479 e. The van der Waals surface area contributed by atoms with Crippen molar-refractivity contribution in [3.8, 4) is 11.1 Å². The van der Waals surface area contributed by atoms with Crippen molar-refractivity contribution in [3.63, 3.8) is 0 Å². The zero-order chi connectivity index (χ0) is 24.3. The monoisotopic (exact) mass is 466 g/mol. The number of nitrogens with one attached hydrogen (secondary N) is 1. The van der Waals surface area contributed by atoms with Crippen LogP contribution in [0.25, 0.3) is 11.1 Å². The first-order valence-electron chi connectivity index (χ1n) is 11.7.